The SMILES string of the molecule is CCSC1CCCCN(C(=O)C2C3CCC(C3)C2N)C1.Cl. The Morgan fingerprint density at radius 3 is 2.67 bits per heavy atom. The molecule has 2 aliphatic carbocycles. The fraction of sp³-hybridized carbons (Fsp3) is 0.938. The van der Waals surface area contributed by atoms with Gasteiger partial charge < -0.3 is 10.6 Å². The zero-order valence-corrected chi connectivity index (χ0v) is 14.6. The largest absolute Gasteiger partial charge is 0.341 e. The van der Waals surface area contributed by atoms with Gasteiger partial charge in [0.15, 0.2) is 0 Å². The van der Waals surface area contributed by atoms with Gasteiger partial charge in [-0.2, -0.15) is 11.8 Å². The van der Waals surface area contributed by atoms with E-state index in [2.05, 4.69) is 11.8 Å². The molecular weight excluding hydrogens is 304 g/mol. The molecule has 2 N–H and O–H groups in total. The van der Waals surface area contributed by atoms with Gasteiger partial charge in [-0.3, -0.25) is 4.79 Å². The van der Waals surface area contributed by atoms with E-state index in [9.17, 15) is 4.79 Å². The molecule has 1 amide bonds. The number of hydrogen-bond acceptors (Lipinski definition) is 3. The second-order valence-corrected chi connectivity index (χ2v) is 8.37. The van der Waals surface area contributed by atoms with Crippen LogP contribution in [0.4, 0.5) is 0 Å². The normalized spacial score (nSPS) is 39.0. The van der Waals surface area contributed by atoms with Crippen LogP contribution in [0.2, 0.25) is 0 Å². The third-order valence-corrected chi connectivity index (χ3v) is 6.80. The van der Waals surface area contributed by atoms with Crippen LogP contribution in [0, 0.1) is 17.8 Å². The van der Waals surface area contributed by atoms with Crippen molar-refractivity contribution in [1.82, 2.24) is 4.90 Å². The number of carbonyl (C=O) groups excluding carboxylic acids is 1. The van der Waals surface area contributed by atoms with Crippen LogP contribution in [0.25, 0.3) is 0 Å². The highest BCUT2D eigenvalue weighted by Gasteiger charge is 2.50. The van der Waals surface area contributed by atoms with Gasteiger partial charge in [-0.05, 0) is 49.7 Å². The predicted molar refractivity (Wildman–Crippen MR) is 91.9 cm³/mol. The second-order valence-electron chi connectivity index (χ2n) is 6.79. The molecule has 0 radical (unpaired) electrons. The molecule has 5 heteroatoms. The van der Waals surface area contributed by atoms with E-state index in [1.807, 2.05) is 11.8 Å². The predicted octanol–water partition coefficient (Wildman–Crippen LogP) is 2.92. The topological polar surface area (TPSA) is 46.3 Å². The summed E-state index contributed by atoms with van der Waals surface area (Å²) in [5.41, 5.74) is 6.35. The van der Waals surface area contributed by atoms with E-state index in [0.29, 0.717) is 23.0 Å². The van der Waals surface area contributed by atoms with Gasteiger partial charge in [0.25, 0.3) is 0 Å². The number of likely N-dealkylation sites (tertiary alicyclic amines) is 1. The zero-order valence-electron chi connectivity index (χ0n) is 13.0. The van der Waals surface area contributed by atoms with Crippen molar-refractivity contribution in [3.63, 3.8) is 0 Å². The fourth-order valence-corrected chi connectivity index (χ4v) is 5.68. The molecule has 3 nitrogen and oxygen atoms in total. The summed E-state index contributed by atoms with van der Waals surface area (Å²) in [6.45, 7) is 4.13. The molecule has 0 aromatic heterocycles. The molecule has 2 bridgehead atoms. The highest BCUT2D eigenvalue weighted by molar-refractivity contribution is 7.99. The van der Waals surface area contributed by atoms with Crippen molar-refractivity contribution in [3.8, 4) is 0 Å². The van der Waals surface area contributed by atoms with E-state index in [0.717, 1.165) is 18.8 Å². The summed E-state index contributed by atoms with van der Waals surface area (Å²) >= 11 is 2.02. The minimum Gasteiger partial charge on any atom is -0.341 e. The molecular formula is C16H29ClN2OS. The van der Waals surface area contributed by atoms with Gasteiger partial charge in [-0.15, -0.1) is 12.4 Å². The molecule has 2 saturated carbocycles. The highest BCUT2D eigenvalue weighted by atomic mass is 35.5. The molecule has 122 valence electrons. The molecule has 0 spiro atoms. The number of thioether (sulfide) groups is 1. The number of halogens is 1. The van der Waals surface area contributed by atoms with E-state index in [4.69, 9.17) is 5.73 Å². The van der Waals surface area contributed by atoms with Crippen LogP contribution in [-0.2, 0) is 4.79 Å². The summed E-state index contributed by atoms with van der Waals surface area (Å²) < 4.78 is 0. The van der Waals surface area contributed by atoms with Crippen molar-refractivity contribution in [3.05, 3.63) is 0 Å². The molecule has 0 aromatic carbocycles. The number of fused-ring (bicyclic) bond motifs is 2. The van der Waals surface area contributed by atoms with E-state index in [1.165, 1.54) is 38.5 Å². The molecule has 3 rings (SSSR count). The Morgan fingerprint density at radius 2 is 2.00 bits per heavy atom. The average Bonchev–Trinajstić information content (AvgIpc) is 2.93. The molecule has 21 heavy (non-hydrogen) atoms. The lowest BCUT2D eigenvalue weighted by Gasteiger charge is -2.33. The lowest BCUT2D eigenvalue weighted by atomic mass is 9.84. The van der Waals surface area contributed by atoms with Crippen LogP contribution >= 0.6 is 24.2 Å². The summed E-state index contributed by atoms with van der Waals surface area (Å²) in [6, 6.07) is 0.141. The van der Waals surface area contributed by atoms with E-state index >= 15 is 0 Å². The van der Waals surface area contributed by atoms with Crippen molar-refractivity contribution >= 4 is 30.1 Å². The zero-order chi connectivity index (χ0) is 14.1. The van der Waals surface area contributed by atoms with Gasteiger partial charge in [0.2, 0.25) is 5.91 Å². The first-order valence-corrected chi connectivity index (χ1v) is 9.41. The Bertz CT molecular complexity index is 366. The Labute approximate surface area is 139 Å². The van der Waals surface area contributed by atoms with Gasteiger partial charge in [0, 0.05) is 24.4 Å². The first-order chi connectivity index (χ1) is 9.70. The molecule has 1 saturated heterocycles. The van der Waals surface area contributed by atoms with Gasteiger partial charge in [-0.1, -0.05) is 13.3 Å². The third kappa shape index (κ3) is 3.53. The molecule has 5 unspecified atom stereocenters. The summed E-state index contributed by atoms with van der Waals surface area (Å²) in [7, 11) is 0. The number of nitrogens with zero attached hydrogens (tertiary/aromatic N) is 1. The minimum atomic E-state index is 0. The Hall–Kier alpha value is 0.0700. The van der Waals surface area contributed by atoms with Crippen molar-refractivity contribution in [2.75, 3.05) is 18.8 Å². The van der Waals surface area contributed by atoms with Gasteiger partial charge in [0.1, 0.15) is 0 Å². The summed E-state index contributed by atoms with van der Waals surface area (Å²) in [4.78, 5) is 15.1. The second kappa shape index (κ2) is 7.56. The van der Waals surface area contributed by atoms with Crippen LogP contribution in [0.3, 0.4) is 0 Å². The minimum absolute atomic E-state index is 0. The smallest absolute Gasteiger partial charge is 0.227 e. The first kappa shape index (κ1) is 17.4. The van der Waals surface area contributed by atoms with E-state index in [-0.39, 0.29) is 24.4 Å². The third-order valence-electron chi connectivity index (χ3n) is 5.61. The number of carbonyl (C=O) groups is 1. The molecule has 1 heterocycles. The monoisotopic (exact) mass is 332 g/mol. The number of amides is 1. The van der Waals surface area contributed by atoms with Gasteiger partial charge >= 0.3 is 0 Å². The quantitative estimate of drug-likeness (QED) is 0.864. The maximum Gasteiger partial charge on any atom is 0.227 e. The van der Waals surface area contributed by atoms with E-state index in [1.54, 1.807) is 0 Å². The van der Waals surface area contributed by atoms with Gasteiger partial charge in [-0.25, -0.2) is 0 Å². The Balaban J connectivity index is 0.00000161. The summed E-state index contributed by atoms with van der Waals surface area (Å²) in [6.07, 6.45) is 7.40. The van der Waals surface area contributed by atoms with Crippen molar-refractivity contribution in [1.29, 1.82) is 0 Å². The number of rotatable bonds is 3. The van der Waals surface area contributed by atoms with Crippen LogP contribution in [0.15, 0.2) is 0 Å². The van der Waals surface area contributed by atoms with E-state index < -0.39 is 0 Å². The maximum atomic E-state index is 12.9. The average molecular weight is 333 g/mol. The Kier molecular flexibility index (Phi) is 6.27. The fourth-order valence-electron chi connectivity index (χ4n) is 4.59. The summed E-state index contributed by atoms with van der Waals surface area (Å²) in [5.74, 6) is 2.89. The highest BCUT2D eigenvalue weighted by Crippen LogP contribution is 2.48. The first-order valence-electron chi connectivity index (χ1n) is 8.36. The molecule has 3 fully saturated rings. The molecule has 3 aliphatic rings. The number of nitrogens with two attached hydrogens (primary N) is 1. The van der Waals surface area contributed by atoms with Crippen LogP contribution in [0.1, 0.15) is 45.4 Å². The lowest BCUT2D eigenvalue weighted by molar-refractivity contribution is -0.137. The number of hydrogen-bond donors (Lipinski definition) is 1. The van der Waals surface area contributed by atoms with Crippen LogP contribution < -0.4 is 5.73 Å². The van der Waals surface area contributed by atoms with Crippen LogP contribution in [0.5, 0.6) is 0 Å². The van der Waals surface area contributed by atoms with Gasteiger partial charge in [0.05, 0.1) is 5.92 Å². The van der Waals surface area contributed by atoms with Crippen molar-refractivity contribution < 1.29 is 4.79 Å². The molecule has 5 atom stereocenters. The van der Waals surface area contributed by atoms with Crippen molar-refractivity contribution in [2.45, 2.75) is 56.7 Å². The summed E-state index contributed by atoms with van der Waals surface area (Å²) in [5, 5.41) is 0.640. The van der Waals surface area contributed by atoms with Crippen molar-refractivity contribution in [2.24, 2.45) is 23.5 Å². The molecule has 1 aliphatic heterocycles. The maximum absolute atomic E-state index is 12.9. The lowest BCUT2D eigenvalue weighted by Crippen LogP contribution is -2.48. The standard InChI is InChI=1S/C16H28N2OS.ClH/c1-2-20-13-5-3-4-8-18(10-13)16(19)14-11-6-7-12(9-11)15(14)17;/h11-15H,2-10,17H2,1H3;1H. The molecule has 0 aromatic rings. The Morgan fingerprint density at radius 1 is 1.24 bits per heavy atom. The van der Waals surface area contributed by atoms with Crippen LogP contribution in [-0.4, -0.2) is 40.9 Å².